The molecule has 1 atom stereocenters. The number of amides is 1. The Bertz CT molecular complexity index is 784. The van der Waals surface area contributed by atoms with Crippen molar-refractivity contribution in [2.24, 2.45) is 0 Å². The Morgan fingerprint density at radius 1 is 1.17 bits per heavy atom. The van der Waals surface area contributed by atoms with Crippen molar-refractivity contribution in [3.05, 3.63) is 57.0 Å². The van der Waals surface area contributed by atoms with Gasteiger partial charge in [0.15, 0.2) is 11.8 Å². The molecule has 2 rings (SSSR count). The van der Waals surface area contributed by atoms with Gasteiger partial charge in [-0.25, -0.2) is 14.2 Å². The second-order valence-corrected chi connectivity index (χ2v) is 5.79. The molecule has 0 aliphatic rings. The van der Waals surface area contributed by atoms with Crippen LogP contribution < -0.4 is 5.32 Å². The maximum absolute atomic E-state index is 12.8. The number of hydrogen-bond donors (Lipinski definition) is 1. The number of esters is 1. The molecule has 0 fully saturated rings. The van der Waals surface area contributed by atoms with Crippen LogP contribution in [0, 0.1) is 5.82 Å². The lowest BCUT2D eigenvalue weighted by Gasteiger charge is -2.14. The number of nitrogens with one attached hydrogen (secondary N) is 1. The molecule has 1 heterocycles. The van der Waals surface area contributed by atoms with Crippen LogP contribution in [0.5, 0.6) is 0 Å². The monoisotopic (exact) mass is 390 g/mol. The first kappa shape index (κ1) is 18.4. The molecule has 0 unspecified atom stereocenters. The zero-order valence-electron chi connectivity index (χ0n) is 12.1. The number of halogens is 4. The van der Waals surface area contributed by atoms with E-state index in [2.05, 4.69) is 10.3 Å². The summed E-state index contributed by atoms with van der Waals surface area (Å²) in [5.41, 5.74) is 0.0995. The summed E-state index contributed by atoms with van der Waals surface area (Å²) in [7, 11) is 0. The van der Waals surface area contributed by atoms with Gasteiger partial charge in [0.25, 0.3) is 5.91 Å². The van der Waals surface area contributed by atoms with Crippen molar-refractivity contribution < 1.29 is 18.7 Å². The number of ether oxygens (including phenoxy) is 1. The SMILES string of the molecule is C[C@@H](OC(=O)c1ncc(Cl)c(Cl)c1Cl)C(=O)Nc1ccc(F)cc1. The predicted molar refractivity (Wildman–Crippen MR) is 89.2 cm³/mol. The summed E-state index contributed by atoms with van der Waals surface area (Å²) in [5.74, 6) is -1.97. The van der Waals surface area contributed by atoms with Gasteiger partial charge in [-0.15, -0.1) is 0 Å². The average molecular weight is 392 g/mol. The minimum atomic E-state index is -1.14. The highest BCUT2D eigenvalue weighted by Crippen LogP contribution is 2.31. The summed E-state index contributed by atoms with van der Waals surface area (Å²) < 4.78 is 17.8. The minimum absolute atomic E-state index is 0.0382. The summed E-state index contributed by atoms with van der Waals surface area (Å²) in [6.45, 7) is 1.36. The molecule has 1 N–H and O–H groups in total. The second-order valence-electron chi connectivity index (χ2n) is 4.63. The van der Waals surface area contributed by atoms with Crippen LogP contribution in [0.1, 0.15) is 17.4 Å². The summed E-state index contributed by atoms with van der Waals surface area (Å²) in [6.07, 6.45) is 0.00479. The number of hydrogen-bond acceptors (Lipinski definition) is 4. The highest BCUT2D eigenvalue weighted by molar-refractivity contribution is 6.48. The molecule has 0 saturated heterocycles. The quantitative estimate of drug-likeness (QED) is 0.786. The van der Waals surface area contributed by atoms with Crippen molar-refractivity contribution in [2.75, 3.05) is 5.32 Å². The van der Waals surface area contributed by atoms with Gasteiger partial charge in [-0.3, -0.25) is 4.79 Å². The van der Waals surface area contributed by atoms with Crippen molar-refractivity contribution in [1.29, 1.82) is 0 Å². The van der Waals surface area contributed by atoms with Crippen molar-refractivity contribution in [3.8, 4) is 0 Å². The number of benzene rings is 1. The van der Waals surface area contributed by atoms with E-state index in [4.69, 9.17) is 39.5 Å². The molecular weight excluding hydrogens is 382 g/mol. The Hall–Kier alpha value is -1.89. The molecular formula is C15H10Cl3FN2O3. The van der Waals surface area contributed by atoms with E-state index in [0.29, 0.717) is 5.69 Å². The van der Waals surface area contributed by atoms with Gasteiger partial charge in [0.05, 0.1) is 15.1 Å². The zero-order chi connectivity index (χ0) is 17.9. The Kier molecular flexibility index (Phi) is 5.99. The van der Waals surface area contributed by atoms with E-state index in [1.165, 1.54) is 31.2 Å². The van der Waals surface area contributed by atoms with Crippen molar-refractivity contribution >= 4 is 52.4 Å². The first-order valence-electron chi connectivity index (χ1n) is 6.56. The van der Waals surface area contributed by atoms with E-state index in [-0.39, 0.29) is 20.8 Å². The number of aromatic nitrogens is 1. The van der Waals surface area contributed by atoms with E-state index in [0.717, 1.165) is 6.20 Å². The van der Waals surface area contributed by atoms with Gasteiger partial charge < -0.3 is 10.1 Å². The van der Waals surface area contributed by atoms with Crippen LogP contribution in [-0.2, 0) is 9.53 Å². The number of carbonyl (C=O) groups is 2. The molecule has 0 aliphatic carbocycles. The molecule has 2 aromatic rings. The molecule has 0 radical (unpaired) electrons. The van der Waals surface area contributed by atoms with Crippen LogP contribution in [0.2, 0.25) is 15.1 Å². The average Bonchev–Trinajstić information content (AvgIpc) is 2.54. The highest BCUT2D eigenvalue weighted by Gasteiger charge is 2.23. The topological polar surface area (TPSA) is 68.3 Å². The number of pyridine rings is 1. The van der Waals surface area contributed by atoms with Gasteiger partial charge >= 0.3 is 5.97 Å². The van der Waals surface area contributed by atoms with Gasteiger partial charge in [0.1, 0.15) is 5.82 Å². The molecule has 0 saturated carbocycles. The molecule has 1 aromatic heterocycles. The zero-order valence-corrected chi connectivity index (χ0v) is 14.4. The minimum Gasteiger partial charge on any atom is -0.448 e. The third kappa shape index (κ3) is 4.35. The third-order valence-corrected chi connectivity index (χ3v) is 4.12. The first-order chi connectivity index (χ1) is 11.3. The highest BCUT2D eigenvalue weighted by atomic mass is 35.5. The van der Waals surface area contributed by atoms with Crippen molar-refractivity contribution in [3.63, 3.8) is 0 Å². The molecule has 126 valence electrons. The Morgan fingerprint density at radius 3 is 2.42 bits per heavy atom. The third-order valence-electron chi connectivity index (χ3n) is 2.88. The molecule has 0 bridgehead atoms. The molecule has 9 heteroatoms. The maximum atomic E-state index is 12.8. The summed E-state index contributed by atoms with van der Waals surface area (Å²) >= 11 is 17.4. The molecule has 0 spiro atoms. The normalized spacial score (nSPS) is 11.7. The lowest BCUT2D eigenvalue weighted by molar-refractivity contribution is -0.123. The number of carbonyl (C=O) groups excluding carboxylic acids is 2. The Balaban J connectivity index is 2.04. The van der Waals surface area contributed by atoms with Crippen LogP contribution in [0.3, 0.4) is 0 Å². The smallest absolute Gasteiger partial charge is 0.359 e. The number of anilines is 1. The fourth-order valence-electron chi connectivity index (χ4n) is 1.63. The molecule has 1 aromatic carbocycles. The number of rotatable bonds is 4. The van der Waals surface area contributed by atoms with Gasteiger partial charge in [-0.1, -0.05) is 34.8 Å². The lowest BCUT2D eigenvalue weighted by Crippen LogP contribution is -2.30. The van der Waals surface area contributed by atoms with E-state index in [1.54, 1.807) is 0 Å². The standard InChI is InChI=1S/C15H10Cl3FN2O3/c1-7(14(22)21-9-4-2-8(19)3-5-9)24-15(23)13-12(18)11(17)10(16)6-20-13/h2-7H,1H3,(H,21,22)/t7-/m1/s1. The fourth-order valence-corrected chi connectivity index (χ4v) is 2.19. The summed E-state index contributed by atoms with van der Waals surface area (Å²) in [6, 6.07) is 5.12. The number of nitrogens with zero attached hydrogens (tertiary/aromatic N) is 1. The van der Waals surface area contributed by atoms with Gasteiger partial charge in [0.2, 0.25) is 0 Å². The van der Waals surface area contributed by atoms with Crippen LogP contribution in [0.4, 0.5) is 10.1 Å². The van der Waals surface area contributed by atoms with Crippen LogP contribution in [-0.4, -0.2) is 23.0 Å². The lowest BCUT2D eigenvalue weighted by atomic mass is 10.3. The Labute approximate surface area is 151 Å². The molecule has 1 amide bonds. The maximum Gasteiger partial charge on any atom is 0.359 e. The largest absolute Gasteiger partial charge is 0.448 e. The molecule has 24 heavy (non-hydrogen) atoms. The summed E-state index contributed by atoms with van der Waals surface area (Å²) in [4.78, 5) is 27.8. The van der Waals surface area contributed by atoms with Crippen molar-refractivity contribution in [2.45, 2.75) is 13.0 Å². The van der Waals surface area contributed by atoms with Gasteiger partial charge in [0, 0.05) is 11.9 Å². The van der Waals surface area contributed by atoms with E-state index in [1.807, 2.05) is 0 Å². The van der Waals surface area contributed by atoms with E-state index >= 15 is 0 Å². The van der Waals surface area contributed by atoms with Gasteiger partial charge in [-0.05, 0) is 31.2 Å². The van der Waals surface area contributed by atoms with Crippen LogP contribution in [0.25, 0.3) is 0 Å². The van der Waals surface area contributed by atoms with Crippen LogP contribution >= 0.6 is 34.8 Å². The van der Waals surface area contributed by atoms with E-state index < -0.39 is 23.8 Å². The summed E-state index contributed by atoms with van der Waals surface area (Å²) in [5, 5.41) is 2.36. The van der Waals surface area contributed by atoms with Crippen molar-refractivity contribution in [1.82, 2.24) is 4.98 Å². The molecule has 5 nitrogen and oxygen atoms in total. The Morgan fingerprint density at radius 2 is 1.79 bits per heavy atom. The predicted octanol–water partition coefficient (Wildman–Crippen LogP) is 4.36. The van der Waals surface area contributed by atoms with Crippen LogP contribution in [0.15, 0.2) is 30.5 Å². The van der Waals surface area contributed by atoms with Gasteiger partial charge in [-0.2, -0.15) is 0 Å². The first-order valence-corrected chi connectivity index (χ1v) is 7.70. The van der Waals surface area contributed by atoms with E-state index in [9.17, 15) is 14.0 Å². The molecule has 0 aliphatic heterocycles. The second kappa shape index (κ2) is 7.79. The fraction of sp³-hybridized carbons (Fsp3) is 0.133.